The second-order valence-electron chi connectivity index (χ2n) is 7.28. The molecule has 0 radical (unpaired) electrons. The molecule has 8 heteroatoms. The summed E-state index contributed by atoms with van der Waals surface area (Å²) in [5.41, 5.74) is 8.37. The zero-order valence-corrected chi connectivity index (χ0v) is 16.7. The molecule has 0 saturated heterocycles. The fourth-order valence-electron chi connectivity index (χ4n) is 3.45. The van der Waals surface area contributed by atoms with E-state index in [4.69, 9.17) is 10.2 Å². The number of fused-ring (bicyclic) bond motifs is 1. The van der Waals surface area contributed by atoms with Crippen LogP contribution in [0.25, 0.3) is 11.0 Å². The van der Waals surface area contributed by atoms with Gasteiger partial charge in [-0.25, -0.2) is 12.8 Å². The Hall–Kier alpha value is -2.87. The second-order valence-corrected chi connectivity index (χ2v) is 9.29. The third kappa shape index (κ3) is 3.98. The van der Waals surface area contributed by atoms with Crippen LogP contribution in [0.2, 0.25) is 0 Å². The van der Waals surface area contributed by atoms with Crippen molar-refractivity contribution in [2.45, 2.75) is 32.1 Å². The molecule has 0 aliphatic heterocycles. The van der Waals surface area contributed by atoms with E-state index in [-0.39, 0.29) is 29.5 Å². The predicted molar refractivity (Wildman–Crippen MR) is 109 cm³/mol. The highest BCUT2D eigenvalue weighted by atomic mass is 32.2. The van der Waals surface area contributed by atoms with Gasteiger partial charge in [-0.05, 0) is 55.0 Å². The van der Waals surface area contributed by atoms with E-state index in [2.05, 4.69) is 4.72 Å². The molecule has 1 aromatic heterocycles. The first-order valence-corrected chi connectivity index (χ1v) is 11.1. The fourth-order valence-corrected chi connectivity index (χ4v) is 4.11. The van der Waals surface area contributed by atoms with Crippen molar-refractivity contribution in [1.82, 2.24) is 0 Å². The number of rotatable bonds is 7. The number of anilines is 1. The third-order valence-corrected chi connectivity index (χ3v) is 6.41. The lowest BCUT2D eigenvalue weighted by Gasteiger charge is -2.11. The van der Waals surface area contributed by atoms with Gasteiger partial charge in [0.25, 0.3) is 5.91 Å². The quantitative estimate of drug-likeness (QED) is 0.610. The number of amides is 1. The molecule has 0 spiro atoms. The van der Waals surface area contributed by atoms with E-state index in [1.165, 1.54) is 12.1 Å². The van der Waals surface area contributed by atoms with E-state index < -0.39 is 15.9 Å². The average molecular weight is 416 g/mol. The number of sulfonamides is 1. The molecule has 1 saturated carbocycles. The van der Waals surface area contributed by atoms with Crippen molar-refractivity contribution in [1.29, 1.82) is 0 Å². The number of furan rings is 1. The Morgan fingerprint density at radius 2 is 1.93 bits per heavy atom. The highest BCUT2D eigenvalue weighted by molar-refractivity contribution is 7.92. The van der Waals surface area contributed by atoms with Crippen LogP contribution in [0.5, 0.6) is 0 Å². The van der Waals surface area contributed by atoms with Gasteiger partial charge in [-0.3, -0.25) is 9.52 Å². The molecule has 3 N–H and O–H groups in total. The molecule has 0 unspecified atom stereocenters. The van der Waals surface area contributed by atoms with Crippen LogP contribution in [0.1, 0.15) is 52.9 Å². The van der Waals surface area contributed by atoms with E-state index in [0.29, 0.717) is 22.4 Å². The normalized spacial score (nSPS) is 14.3. The second kappa shape index (κ2) is 7.18. The topological polar surface area (TPSA) is 102 Å². The molecule has 2 aromatic carbocycles. The summed E-state index contributed by atoms with van der Waals surface area (Å²) in [7, 11) is -3.46. The Kier molecular flexibility index (Phi) is 4.82. The standard InChI is InChI=1S/C21H21FN2O4S/c1-2-29(26,27)24-17-11-18-16(10-15(17)13-5-6-13)20(21(23)25)19(28-18)9-12-3-7-14(22)8-4-12/h3-4,7-8,10-11,13,24H,2,5-6,9H2,1H3,(H2,23,25). The number of benzene rings is 2. The van der Waals surface area contributed by atoms with Gasteiger partial charge in [-0.1, -0.05) is 12.1 Å². The summed E-state index contributed by atoms with van der Waals surface area (Å²) in [6, 6.07) is 9.33. The van der Waals surface area contributed by atoms with Gasteiger partial charge in [0.1, 0.15) is 17.2 Å². The number of carbonyl (C=O) groups is 1. The first-order chi connectivity index (χ1) is 13.8. The van der Waals surface area contributed by atoms with Gasteiger partial charge in [0, 0.05) is 17.9 Å². The summed E-state index contributed by atoms with van der Waals surface area (Å²) in [6.07, 6.45) is 2.18. The van der Waals surface area contributed by atoms with Crippen molar-refractivity contribution < 1.29 is 22.0 Å². The Morgan fingerprint density at radius 1 is 1.24 bits per heavy atom. The molecular weight excluding hydrogens is 395 g/mol. The number of carbonyl (C=O) groups excluding carboxylic acids is 1. The molecule has 1 amide bonds. The molecule has 4 rings (SSSR count). The van der Waals surface area contributed by atoms with Gasteiger partial charge >= 0.3 is 0 Å². The molecule has 1 heterocycles. The zero-order valence-electron chi connectivity index (χ0n) is 15.9. The smallest absolute Gasteiger partial charge is 0.252 e. The molecule has 3 aromatic rings. The Morgan fingerprint density at radius 3 is 2.52 bits per heavy atom. The summed E-state index contributed by atoms with van der Waals surface area (Å²) in [6.45, 7) is 1.57. The van der Waals surface area contributed by atoms with Crippen molar-refractivity contribution >= 4 is 32.6 Å². The number of nitrogens with two attached hydrogens (primary N) is 1. The summed E-state index contributed by atoms with van der Waals surface area (Å²) in [5.74, 6) is -0.406. The lowest BCUT2D eigenvalue weighted by molar-refractivity contribution is 0.1000. The third-order valence-electron chi connectivity index (χ3n) is 5.12. The van der Waals surface area contributed by atoms with Crippen molar-refractivity contribution in [2.24, 2.45) is 5.73 Å². The van der Waals surface area contributed by atoms with Gasteiger partial charge in [0.2, 0.25) is 10.0 Å². The van der Waals surface area contributed by atoms with E-state index in [9.17, 15) is 17.6 Å². The van der Waals surface area contributed by atoms with E-state index >= 15 is 0 Å². The molecule has 0 bridgehead atoms. The Bertz CT molecular complexity index is 1200. The molecule has 152 valence electrons. The molecular formula is C21H21FN2O4S. The molecule has 1 aliphatic carbocycles. The van der Waals surface area contributed by atoms with Crippen LogP contribution in [-0.4, -0.2) is 20.1 Å². The first-order valence-electron chi connectivity index (χ1n) is 9.41. The van der Waals surface area contributed by atoms with Gasteiger partial charge in [-0.2, -0.15) is 0 Å². The first kappa shape index (κ1) is 19.4. The maximum absolute atomic E-state index is 13.2. The SMILES string of the molecule is CCS(=O)(=O)Nc1cc2oc(Cc3ccc(F)cc3)c(C(N)=O)c2cc1C1CC1. The molecule has 1 fully saturated rings. The van der Waals surface area contributed by atoms with Crippen molar-refractivity contribution in [3.8, 4) is 0 Å². The van der Waals surface area contributed by atoms with Crippen molar-refractivity contribution in [3.63, 3.8) is 0 Å². The number of halogens is 1. The highest BCUT2D eigenvalue weighted by Crippen LogP contribution is 2.46. The van der Waals surface area contributed by atoms with Gasteiger partial charge in [-0.15, -0.1) is 0 Å². The summed E-state index contributed by atoms with van der Waals surface area (Å²) < 4.78 is 45.9. The van der Waals surface area contributed by atoms with E-state index in [0.717, 1.165) is 24.0 Å². The minimum absolute atomic E-state index is 0.0460. The summed E-state index contributed by atoms with van der Waals surface area (Å²) in [5, 5.41) is 0.566. The summed E-state index contributed by atoms with van der Waals surface area (Å²) in [4.78, 5) is 12.2. The number of hydrogen-bond acceptors (Lipinski definition) is 4. The Labute approximate surface area is 167 Å². The monoisotopic (exact) mass is 416 g/mol. The predicted octanol–water partition coefficient (Wildman–Crippen LogP) is 3.90. The minimum Gasteiger partial charge on any atom is -0.460 e. The van der Waals surface area contributed by atoms with Gasteiger partial charge in [0.15, 0.2) is 0 Å². The molecule has 0 atom stereocenters. The van der Waals surface area contributed by atoms with E-state index in [1.807, 2.05) is 0 Å². The lowest BCUT2D eigenvalue weighted by Crippen LogP contribution is -2.16. The fraction of sp³-hybridized carbons (Fsp3) is 0.286. The maximum Gasteiger partial charge on any atom is 0.252 e. The van der Waals surface area contributed by atoms with Crippen molar-refractivity contribution in [3.05, 3.63) is 64.7 Å². The number of nitrogens with one attached hydrogen (secondary N) is 1. The molecule has 6 nitrogen and oxygen atoms in total. The van der Waals surface area contributed by atoms with Gasteiger partial charge < -0.3 is 10.2 Å². The van der Waals surface area contributed by atoms with Gasteiger partial charge in [0.05, 0.1) is 17.0 Å². The minimum atomic E-state index is -3.46. The van der Waals surface area contributed by atoms with Crippen molar-refractivity contribution in [2.75, 3.05) is 10.5 Å². The lowest BCUT2D eigenvalue weighted by atomic mass is 10.0. The zero-order chi connectivity index (χ0) is 20.8. The van der Waals surface area contributed by atoms with Crippen LogP contribution in [0, 0.1) is 5.82 Å². The van der Waals surface area contributed by atoms with Crippen LogP contribution >= 0.6 is 0 Å². The number of primary amides is 1. The largest absolute Gasteiger partial charge is 0.460 e. The van der Waals surface area contributed by atoms with Crippen LogP contribution in [0.4, 0.5) is 10.1 Å². The maximum atomic E-state index is 13.2. The van der Waals surface area contributed by atoms with Crippen LogP contribution in [0.15, 0.2) is 40.8 Å². The summed E-state index contributed by atoms with van der Waals surface area (Å²) >= 11 is 0. The van der Waals surface area contributed by atoms with E-state index in [1.54, 1.807) is 31.2 Å². The average Bonchev–Trinajstić information content (AvgIpc) is 3.44. The molecule has 29 heavy (non-hydrogen) atoms. The molecule has 1 aliphatic rings. The van der Waals surface area contributed by atoms with Crippen LogP contribution in [0.3, 0.4) is 0 Å². The van der Waals surface area contributed by atoms with Crippen LogP contribution in [-0.2, 0) is 16.4 Å². The number of hydrogen-bond donors (Lipinski definition) is 2. The Balaban J connectivity index is 1.84. The highest BCUT2D eigenvalue weighted by Gasteiger charge is 2.30. The van der Waals surface area contributed by atoms with Crippen LogP contribution < -0.4 is 10.5 Å².